The maximum Gasteiger partial charge on any atom is 0.438 e. The number of hydrogen-bond donors (Lipinski definition) is 2. The normalized spacial score (nSPS) is 39.6. The summed E-state index contributed by atoms with van der Waals surface area (Å²) in [6.45, 7) is 3.64. The Morgan fingerprint density at radius 3 is 1.91 bits per heavy atom. The maximum absolute atomic E-state index is 13.7. The molecule has 2 unspecified atom stereocenters. The maximum atomic E-state index is 13.7. The van der Waals surface area contributed by atoms with Crippen LogP contribution in [0.5, 0.6) is 0 Å². The van der Waals surface area contributed by atoms with E-state index in [9.17, 15) is 44.7 Å². The summed E-state index contributed by atoms with van der Waals surface area (Å²) in [5.41, 5.74) is -9.75. The van der Waals surface area contributed by atoms with Crippen molar-refractivity contribution in [3.8, 4) is 0 Å². The highest BCUT2D eigenvalue weighted by Gasteiger charge is 2.78. The molecular formula is C19H24F6O8S. The van der Waals surface area contributed by atoms with Crippen molar-refractivity contribution in [3.05, 3.63) is 0 Å². The molecule has 2 N–H and O–H groups in total. The zero-order valence-corrected chi connectivity index (χ0v) is 18.9. The summed E-state index contributed by atoms with van der Waals surface area (Å²) in [5.74, 6) is -7.58. The molecule has 196 valence electrons. The Morgan fingerprint density at radius 1 is 1.03 bits per heavy atom. The summed E-state index contributed by atoms with van der Waals surface area (Å²) >= 11 is 0. The topological polar surface area (TPSA) is 119 Å². The summed E-state index contributed by atoms with van der Waals surface area (Å²) in [7, 11) is -5.90. The summed E-state index contributed by atoms with van der Waals surface area (Å²) in [5, 5.41) is 11.0. The van der Waals surface area contributed by atoms with Crippen molar-refractivity contribution >= 4 is 16.1 Å². The molecule has 0 radical (unpaired) electrons. The quantitative estimate of drug-likeness (QED) is 0.326. The fraction of sp³-hybridized carbons (Fsp3) is 0.947. The van der Waals surface area contributed by atoms with Crippen molar-refractivity contribution in [2.75, 3.05) is 12.4 Å². The van der Waals surface area contributed by atoms with Gasteiger partial charge < -0.3 is 19.3 Å². The Bertz CT molecular complexity index is 958. The third-order valence-electron chi connectivity index (χ3n) is 7.42. The molecule has 5 fully saturated rings. The molecule has 5 aliphatic rings. The average Bonchev–Trinajstić information content (AvgIpc) is 2.91. The van der Waals surface area contributed by atoms with E-state index in [0.717, 1.165) is 0 Å². The van der Waals surface area contributed by atoms with E-state index < -0.39 is 80.5 Å². The Balaban J connectivity index is 1.72. The van der Waals surface area contributed by atoms with Gasteiger partial charge in [0.2, 0.25) is 0 Å². The minimum atomic E-state index is -6.42. The van der Waals surface area contributed by atoms with Crippen molar-refractivity contribution < 1.29 is 63.4 Å². The molecule has 4 aliphatic carbocycles. The van der Waals surface area contributed by atoms with Gasteiger partial charge in [0, 0.05) is 11.8 Å². The van der Waals surface area contributed by atoms with Gasteiger partial charge in [0.05, 0.1) is 23.2 Å². The molecule has 0 amide bonds. The molecule has 2 atom stereocenters. The number of esters is 1. The zero-order valence-electron chi connectivity index (χ0n) is 18.1. The number of alkyl halides is 6. The van der Waals surface area contributed by atoms with Crippen LogP contribution in [0.3, 0.4) is 0 Å². The number of aliphatic hydroxyl groups is 1. The van der Waals surface area contributed by atoms with Crippen molar-refractivity contribution in [2.24, 2.45) is 17.3 Å². The molecule has 0 aromatic rings. The lowest BCUT2D eigenvalue weighted by atomic mass is 9.45. The number of carbonyl (C=O) groups is 1. The van der Waals surface area contributed by atoms with Gasteiger partial charge in [-0.2, -0.15) is 34.8 Å². The van der Waals surface area contributed by atoms with Gasteiger partial charge in [0.1, 0.15) is 5.75 Å². The standard InChI is InChI=1S/C19H24F6O8S/c1-13(2)8-31-17(33-13)10-3-14(4-11(17)6-15(27,5-10)7-14)12(26)32-16(18(20,21)22,19(23,24)25)9-34(28,29)30/h10-11,27H,3-9H2,1-2H3,(H,28,29,30). The second kappa shape index (κ2) is 6.99. The predicted molar refractivity (Wildman–Crippen MR) is 98.6 cm³/mol. The van der Waals surface area contributed by atoms with E-state index in [-0.39, 0.29) is 32.3 Å². The van der Waals surface area contributed by atoms with E-state index in [0.29, 0.717) is 0 Å². The van der Waals surface area contributed by atoms with Crippen LogP contribution in [-0.4, -0.2) is 71.3 Å². The number of carbonyl (C=O) groups excluding carboxylic acids is 1. The summed E-state index contributed by atoms with van der Waals surface area (Å²) in [4.78, 5) is 13.1. The van der Waals surface area contributed by atoms with Gasteiger partial charge in [-0.15, -0.1) is 0 Å². The number of hydrogen-bond acceptors (Lipinski definition) is 7. The number of ether oxygens (including phenoxy) is 3. The van der Waals surface area contributed by atoms with Gasteiger partial charge in [0.25, 0.3) is 10.1 Å². The Kier molecular flexibility index (Phi) is 5.33. The SMILES string of the molecule is CC1(C)COC2(O1)C1CC3(O)CC2CC(C(=O)OC(CS(=O)(=O)O)(C(F)(F)F)C(F)(F)F)(C1)C3. The van der Waals surface area contributed by atoms with E-state index in [1.807, 2.05) is 0 Å². The highest BCUT2D eigenvalue weighted by molar-refractivity contribution is 7.85. The summed E-state index contributed by atoms with van der Waals surface area (Å²) < 4.78 is 129. The first-order valence-corrected chi connectivity index (χ1v) is 12.1. The first kappa shape index (κ1) is 25.9. The summed E-state index contributed by atoms with van der Waals surface area (Å²) in [6.07, 6.45) is -13.7. The molecule has 1 aliphatic heterocycles. The fourth-order valence-corrected chi connectivity index (χ4v) is 7.30. The molecule has 4 saturated carbocycles. The number of halogens is 6. The molecule has 34 heavy (non-hydrogen) atoms. The van der Waals surface area contributed by atoms with Crippen molar-refractivity contribution in [3.63, 3.8) is 0 Å². The van der Waals surface area contributed by atoms with Crippen LogP contribution in [0, 0.1) is 17.3 Å². The van der Waals surface area contributed by atoms with Gasteiger partial charge in [-0.1, -0.05) is 0 Å². The lowest BCUT2D eigenvalue weighted by Crippen LogP contribution is -2.70. The van der Waals surface area contributed by atoms with E-state index in [1.54, 1.807) is 13.8 Å². The fourth-order valence-electron chi connectivity index (χ4n) is 6.40. The smallest absolute Gasteiger partial charge is 0.438 e. The summed E-state index contributed by atoms with van der Waals surface area (Å²) in [6, 6.07) is 0. The van der Waals surface area contributed by atoms with E-state index in [1.165, 1.54) is 0 Å². The molecule has 1 heterocycles. The van der Waals surface area contributed by atoms with Gasteiger partial charge in [-0.25, -0.2) is 0 Å². The Morgan fingerprint density at radius 2 is 1.53 bits per heavy atom. The Hall–Kier alpha value is -1.16. The van der Waals surface area contributed by atoms with Crippen LogP contribution in [0.25, 0.3) is 0 Å². The average molecular weight is 526 g/mol. The predicted octanol–water partition coefficient (Wildman–Crippen LogP) is 2.74. The van der Waals surface area contributed by atoms with Crippen molar-refractivity contribution in [1.82, 2.24) is 0 Å². The van der Waals surface area contributed by atoms with Crippen LogP contribution in [0.15, 0.2) is 0 Å². The minimum absolute atomic E-state index is 0.0588. The van der Waals surface area contributed by atoms with Gasteiger partial charge in [0.15, 0.2) is 5.79 Å². The molecule has 1 saturated heterocycles. The van der Waals surface area contributed by atoms with Crippen LogP contribution in [0.4, 0.5) is 26.3 Å². The zero-order chi connectivity index (χ0) is 25.8. The van der Waals surface area contributed by atoms with Crippen LogP contribution in [0.2, 0.25) is 0 Å². The molecule has 0 aromatic heterocycles. The van der Waals surface area contributed by atoms with Gasteiger partial charge in [-0.05, 0) is 46.0 Å². The van der Waals surface area contributed by atoms with E-state index in [4.69, 9.17) is 14.0 Å². The first-order chi connectivity index (χ1) is 15.1. The molecule has 0 aromatic carbocycles. The minimum Gasteiger partial charge on any atom is -0.438 e. The first-order valence-electron chi connectivity index (χ1n) is 10.5. The third kappa shape index (κ3) is 3.82. The van der Waals surface area contributed by atoms with Crippen LogP contribution in [-0.2, 0) is 29.1 Å². The van der Waals surface area contributed by atoms with Gasteiger partial charge in [-0.3, -0.25) is 9.35 Å². The second-order valence-electron chi connectivity index (χ2n) is 10.7. The largest absolute Gasteiger partial charge is 0.438 e. The Labute approximate surface area is 190 Å². The molecule has 15 heteroatoms. The highest BCUT2D eigenvalue weighted by atomic mass is 32.2. The van der Waals surface area contributed by atoms with E-state index in [2.05, 4.69) is 4.74 Å². The lowest BCUT2D eigenvalue weighted by molar-refractivity contribution is -0.370. The second-order valence-corrected chi connectivity index (χ2v) is 12.2. The number of rotatable bonds is 4. The van der Waals surface area contributed by atoms with Crippen LogP contribution >= 0.6 is 0 Å². The molecule has 4 bridgehead atoms. The van der Waals surface area contributed by atoms with E-state index >= 15 is 0 Å². The molecule has 5 rings (SSSR count). The monoisotopic (exact) mass is 526 g/mol. The van der Waals surface area contributed by atoms with Crippen molar-refractivity contribution in [2.45, 2.75) is 80.9 Å². The van der Waals surface area contributed by atoms with Gasteiger partial charge >= 0.3 is 23.9 Å². The lowest BCUT2D eigenvalue weighted by Gasteiger charge is -2.64. The highest BCUT2D eigenvalue weighted by Crippen LogP contribution is 2.68. The van der Waals surface area contributed by atoms with Crippen LogP contribution in [0.1, 0.15) is 46.0 Å². The van der Waals surface area contributed by atoms with Crippen LogP contribution < -0.4 is 0 Å². The molecule has 1 spiro atoms. The molecule has 8 nitrogen and oxygen atoms in total. The molecular weight excluding hydrogens is 502 g/mol. The van der Waals surface area contributed by atoms with Crippen molar-refractivity contribution in [1.29, 1.82) is 0 Å². The third-order valence-corrected chi connectivity index (χ3v) is 8.19.